The van der Waals surface area contributed by atoms with E-state index in [0.29, 0.717) is 0 Å². The van der Waals surface area contributed by atoms with Crippen LogP contribution in [0.3, 0.4) is 0 Å². The molecule has 1 aliphatic heterocycles. The molecule has 28 heavy (non-hydrogen) atoms. The number of hydrogen-bond donors (Lipinski definition) is 1. The van der Waals surface area contributed by atoms with E-state index in [1.807, 2.05) is 4.90 Å². The Hall–Kier alpha value is -3.07. The molecule has 0 bridgehead atoms. The smallest absolute Gasteiger partial charge is 0.223 e. The molecule has 0 saturated carbocycles. The fraction of sp³-hybridized carbons (Fsp3) is 0.240. The number of nitrogens with zero attached hydrogens (tertiary/aromatic N) is 1. The van der Waals surface area contributed by atoms with E-state index >= 15 is 0 Å². The van der Waals surface area contributed by atoms with Crippen LogP contribution < -0.4 is 10.2 Å². The van der Waals surface area contributed by atoms with Crippen molar-refractivity contribution in [1.82, 2.24) is 0 Å². The highest BCUT2D eigenvalue weighted by Gasteiger charge is 2.20. The molecule has 142 valence electrons. The number of carbonyl (C=O) groups is 1. The van der Waals surface area contributed by atoms with Crippen LogP contribution in [0.5, 0.6) is 0 Å². The monoisotopic (exact) mass is 370 g/mol. The number of carbonyl (C=O) groups excluding carboxylic acids is 1. The molecule has 0 unspecified atom stereocenters. The van der Waals surface area contributed by atoms with Gasteiger partial charge in [0.25, 0.3) is 0 Å². The van der Waals surface area contributed by atoms with Gasteiger partial charge in [-0.2, -0.15) is 0 Å². The van der Waals surface area contributed by atoms with Crippen LogP contribution in [0.25, 0.3) is 11.1 Å². The minimum atomic E-state index is 0.121. The molecule has 0 spiro atoms. The third-order valence-electron chi connectivity index (χ3n) is 5.39. The van der Waals surface area contributed by atoms with Crippen molar-refractivity contribution in [3.8, 4) is 11.1 Å². The molecule has 1 aliphatic rings. The number of nitrogens with one attached hydrogen (secondary N) is 1. The fourth-order valence-corrected chi connectivity index (χ4v) is 3.82. The molecule has 0 radical (unpaired) electrons. The summed E-state index contributed by atoms with van der Waals surface area (Å²) in [5, 5.41) is 3.52. The largest absolute Gasteiger partial charge is 0.381 e. The van der Waals surface area contributed by atoms with E-state index in [1.54, 1.807) is 6.92 Å². The zero-order valence-electron chi connectivity index (χ0n) is 16.5. The van der Waals surface area contributed by atoms with Crippen molar-refractivity contribution < 1.29 is 4.79 Å². The van der Waals surface area contributed by atoms with Crippen LogP contribution in [0.4, 0.5) is 11.4 Å². The van der Waals surface area contributed by atoms with E-state index in [-0.39, 0.29) is 5.91 Å². The molecule has 0 saturated heterocycles. The quantitative estimate of drug-likeness (QED) is 0.651. The van der Waals surface area contributed by atoms with Gasteiger partial charge in [0.1, 0.15) is 0 Å². The second kappa shape index (κ2) is 7.89. The molecule has 0 atom stereocenters. The van der Waals surface area contributed by atoms with E-state index in [0.717, 1.165) is 37.3 Å². The summed E-state index contributed by atoms with van der Waals surface area (Å²) < 4.78 is 0. The number of fused-ring (bicyclic) bond motifs is 1. The predicted octanol–water partition coefficient (Wildman–Crippen LogP) is 5.57. The van der Waals surface area contributed by atoms with Gasteiger partial charge in [0.05, 0.1) is 0 Å². The summed E-state index contributed by atoms with van der Waals surface area (Å²) in [6.07, 6.45) is 2.05. The lowest BCUT2D eigenvalue weighted by atomic mass is 9.96. The molecular weight excluding hydrogens is 344 g/mol. The molecule has 3 aromatic rings. The van der Waals surface area contributed by atoms with Gasteiger partial charge in [-0.05, 0) is 66.3 Å². The van der Waals surface area contributed by atoms with Gasteiger partial charge in [0.2, 0.25) is 5.91 Å². The highest BCUT2D eigenvalue weighted by Crippen LogP contribution is 2.32. The summed E-state index contributed by atoms with van der Waals surface area (Å²) in [5.74, 6) is 0.121. The van der Waals surface area contributed by atoms with E-state index in [4.69, 9.17) is 0 Å². The van der Waals surface area contributed by atoms with E-state index in [9.17, 15) is 4.79 Å². The lowest BCUT2D eigenvalue weighted by Crippen LogP contribution is -2.33. The van der Waals surface area contributed by atoms with Crippen molar-refractivity contribution in [3.63, 3.8) is 0 Å². The Bertz CT molecular complexity index is 992. The first-order valence-corrected chi connectivity index (χ1v) is 9.91. The normalized spacial score (nSPS) is 13.1. The van der Waals surface area contributed by atoms with Crippen LogP contribution in [0.1, 0.15) is 30.0 Å². The minimum absolute atomic E-state index is 0.121. The summed E-state index contributed by atoms with van der Waals surface area (Å²) in [6.45, 7) is 5.38. The summed E-state index contributed by atoms with van der Waals surface area (Å²) in [4.78, 5) is 13.8. The Balaban J connectivity index is 1.54. The van der Waals surface area contributed by atoms with Crippen molar-refractivity contribution in [2.75, 3.05) is 16.8 Å². The molecule has 0 aromatic heterocycles. The highest BCUT2D eigenvalue weighted by atomic mass is 16.2. The molecule has 1 heterocycles. The van der Waals surface area contributed by atoms with Crippen molar-refractivity contribution in [2.45, 2.75) is 33.2 Å². The summed E-state index contributed by atoms with van der Waals surface area (Å²) in [6, 6.07) is 23.6. The molecule has 1 amide bonds. The first-order valence-electron chi connectivity index (χ1n) is 9.91. The minimum Gasteiger partial charge on any atom is -0.381 e. The van der Waals surface area contributed by atoms with Crippen molar-refractivity contribution in [2.24, 2.45) is 0 Å². The lowest BCUT2D eigenvalue weighted by Gasteiger charge is -2.29. The standard InChI is InChI=1S/C25H26N2O/c1-18-8-10-20(11-9-18)17-26-24-7-3-5-21(16-24)22-12-13-25-23(15-22)6-4-14-27(25)19(2)28/h3,5,7-13,15-16,26H,4,6,14,17H2,1-2H3. The first kappa shape index (κ1) is 18.3. The van der Waals surface area contributed by atoms with Gasteiger partial charge in [-0.15, -0.1) is 0 Å². The second-order valence-corrected chi connectivity index (χ2v) is 7.54. The Labute approximate surface area is 167 Å². The summed E-state index contributed by atoms with van der Waals surface area (Å²) in [5.41, 5.74) is 8.38. The van der Waals surface area contributed by atoms with Gasteiger partial charge in [0, 0.05) is 31.4 Å². The van der Waals surface area contributed by atoms with Crippen molar-refractivity contribution in [1.29, 1.82) is 0 Å². The van der Waals surface area contributed by atoms with Gasteiger partial charge in [-0.3, -0.25) is 4.79 Å². The number of anilines is 2. The van der Waals surface area contributed by atoms with E-state index < -0.39 is 0 Å². The Morgan fingerprint density at radius 2 is 1.79 bits per heavy atom. The Morgan fingerprint density at radius 1 is 1.00 bits per heavy atom. The predicted molar refractivity (Wildman–Crippen MR) is 117 cm³/mol. The first-order chi connectivity index (χ1) is 13.6. The van der Waals surface area contributed by atoms with Crippen LogP contribution in [0.2, 0.25) is 0 Å². The molecule has 3 aromatic carbocycles. The Kier molecular flexibility index (Phi) is 5.16. The van der Waals surface area contributed by atoms with Gasteiger partial charge < -0.3 is 10.2 Å². The average Bonchev–Trinajstić information content (AvgIpc) is 2.72. The summed E-state index contributed by atoms with van der Waals surface area (Å²) >= 11 is 0. The van der Waals surface area contributed by atoms with Crippen LogP contribution in [-0.4, -0.2) is 12.5 Å². The van der Waals surface area contributed by atoms with E-state index in [2.05, 4.69) is 79.0 Å². The molecule has 1 N–H and O–H groups in total. The third-order valence-corrected chi connectivity index (χ3v) is 5.39. The maximum atomic E-state index is 11.9. The maximum absolute atomic E-state index is 11.9. The average molecular weight is 370 g/mol. The number of benzene rings is 3. The van der Waals surface area contributed by atoms with Crippen molar-refractivity contribution >= 4 is 17.3 Å². The second-order valence-electron chi connectivity index (χ2n) is 7.54. The van der Waals surface area contributed by atoms with Crippen LogP contribution >= 0.6 is 0 Å². The zero-order valence-corrected chi connectivity index (χ0v) is 16.5. The highest BCUT2D eigenvalue weighted by molar-refractivity contribution is 5.93. The van der Waals surface area contributed by atoms with Crippen LogP contribution in [-0.2, 0) is 17.8 Å². The third kappa shape index (κ3) is 3.94. The Morgan fingerprint density at radius 3 is 2.57 bits per heavy atom. The molecular formula is C25H26N2O. The van der Waals surface area contributed by atoms with E-state index in [1.165, 1.54) is 27.8 Å². The zero-order chi connectivity index (χ0) is 19.5. The molecule has 4 rings (SSSR count). The topological polar surface area (TPSA) is 32.3 Å². The lowest BCUT2D eigenvalue weighted by molar-refractivity contribution is -0.116. The molecule has 0 aliphatic carbocycles. The van der Waals surface area contributed by atoms with Crippen LogP contribution in [0.15, 0.2) is 66.7 Å². The van der Waals surface area contributed by atoms with Crippen LogP contribution in [0, 0.1) is 6.92 Å². The number of hydrogen-bond acceptors (Lipinski definition) is 2. The summed E-state index contributed by atoms with van der Waals surface area (Å²) in [7, 11) is 0. The number of amides is 1. The molecule has 3 heteroatoms. The maximum Gasteiger partial charge on any atom is 0.223 e. The SMILES string of the molecule is CC(=O)N1CCCc2cc(-c3cccc(NCc4ccc(C)cc4)c3)ccc21. The van der Waals surface area contributed by atoms with Crippen molar-refractivity contribution in [3.05, 3.63) is 83.4 Å². The van der Waals surface area contributed by atoms with Gasteiger partial charge >= 0.3 is 0 Å². The van der Waals surface area contributed by atoms with Gasteiger partial charge in [-0.1, -0.05) is 48.0 Å². The van der Waals surface area contributed by atoms with Gasteiger partial charge in [-0.25, -0.2) is 0 Å². The fourth-order valence-electron chi connectivity index (χ4n) is 3.82. The molecule has 3 nitrogen and oxygen atoms in total. The number of rotatable bonds is 4. The molecule has 0 fully saturated rings. The number of aryl methyl sites for hydroxylation is 2. The van der Waals surface area contributed by atoms with Gasteiger partial charge in [0.15, 0.2) is 0 Å².